The molecular formula is C20H21ClN6O. The van der Waals surface area contributed by atoms with E-state index in [-0.39, 0.29) is 17.9 Å². The number of piperidine rings is 1. The summed E-state index contributed by atoms with van der Waals surface area (Å²) in [4.78, 5) is 13.6. The Kier molecular flexibility index (Phi) is 4.87. The standard InChI is InChI=1S/C20H20N6O.ClH/c1-20(10-4-5-11-23-20)19-24-18(25-27-19)14-8-9-17(21-12-14)26-13-22-15-6-2-3-7-16(15)26;/h2-3,6-9,12-13,23H,4-5,10-11H2,1H3;1H. The van der Waals surface area contributed by atoms with Gasteiger partial charge in [-0.1, -0.05) is 17.3 Å². The summed E-state index contributed by atoms with van der Waals surface area (Å²) in [6.45, 7) is 3.10. The van der Waals surface area contributed by atoms with Crippen molar-refractivity contribution in [3.63, 3.8) is 0 Å². The minimum absolute atomic E-state index is 0. The molecule has 1 aliphatic rings. The first-order valence-electron chi connectivity index (χ1n) is 9.21. The van der Waals surface area contributed by atoms with Crippen molar-refractivity contribution in [1.29, 1.82) is 0 Å². The number of nitrogens with one attached hydrogen (secondary N) is 1. The summed E-state index contributed by atoms with van der Waals surface area (Å²) < 4.78 is 7.52. The van der Waals surface area contributed by atoms with E-state index in [2.05, 4.69) is 32.3 Å². The molecule has 4 heterocycles. The van der Waals surface area contributed by atoms with Crippen molar-refractivity contribution in [3.05, 3.63) is 54.8 Å². The van der Waals surface area contributed by atoms with Gasteiger partial charge in [-0.05, 0) is 57.0 Å². The molecular weight excluding hydrogens is 376 g/mol. The van der Waals surface area contributed by atoms with Gasteiger partial charge < -0.3 is 9.84 Å². The van der Waals surface area contributed by atoms with Gasteiger partial charge in [-0.15, -0.1) is 12.4 Å². The highest BCUT2D eigenvalue weighted by atomic mass is 35.5. The van der Waals surface area contributed by atoms with Gasteiger partial charge in [-0.3, -0.25) is 4.57 Å². The number of pyridine rings is 1. The van der Waals surface area contributed by atoms with E-state index in [0.29, 0.717) is 11.7 Å². The number of aromatic nitrogens is 5. The zero-order chi connectivity index (χ0) is 18.3. The molecule has 0 radical (unpaired) electrons. The van der Waals surface area contributed by atoms with Crippen molar-refractivity contribution in [2.24, 2.45) is 0 Å². The van der Waals surface area contributed by atoms with Gasteiger partial charge in [0, 0.05) is 11.8 Å². The first kappa shape index (κ1) is 18.6. The fourth-order valence-electron chi connectivity index (χ4n) is 3.61. The van der Waals surface area contributed by atoms with Crippen LogP contribution in [0.4, 0.5) is 0 Å². The molecule has 3 aromatic heterocycles. The van der Waals surface area contributed by atoms with E-state index in [9.17, 15) is 0 Å². The SMILES string of the molecule is CC1(c2nc(-c3ccc(-n4cnc5ccccc54)nc3)no2)CCCCN1.Cl. The zero-order valence-electron chi connectivity index (χ0n) is 15.5. The van der Waals surface area contributed by atoms with Gasteiger partial charge in [-0.25, -0.2) is 9.97 Å². The number of para-hydroxylation sites is 2. The third-order valence-corrected chi connectivity index (χ3v) is 5.22. The number of fused-ring (bicyclic) bond motifs is 1. The predicted octanol–water partition coefficient (Wildman–Crippen LogP) is 3.88. The van der Waals surface area contributed by atoms with Gasteiger partial charge in [0.05, 0.1) is 16.6 Å². The zero-order valence-corrected chi connectivity index (χ0v) is 16.3. The summed E-state index contributed by atoms with van der Waals surface area (Å²) in [7, 11) is 0. The molecule has 1 aromatic carbocycles. The van der Waals surface area contributed by atoms with Crippen LogP contribution in [0, 0.1) is 0 Å². The second-order valence-corrected chi connectivity index (χ2v) is 7.15. The van der Waals surface area contributed by atoms with Crippen molar-refractivity contribution in [3.8, 4) is 17.2 Å². The minimum atomic E-state index is -0.243. The van der Waals surface area contributed by atoms with Gasteiger partial charge >= 0.3 is 0 Å². The monoisotopic (exact) mass is 396 g/mol. The van der Waals surface area contributed by atoms with Crippen molar-refractivity contribution in [2.45, 2.75) is 31.7 Å². The summed E-state index contributed by atoms with van der Waals surface area (Å²) in [5, 5.41) is 7.66. The smallest absolute Gasteiger partial charge is 0.246 e. The molecule has 0 aliphatic carbocycles. The van der Waals surface area contributed by atoms with Crippen LogP contribution in [0.5, 0.6) is 0 Å². The molecule has 4 aromatic rings. The van der Waals surface area contributed by atoms with Gasteiger partial charge in [0.15, 0.2) is 0 Å². The molecule has 1 saturated heterocycles. The molecule has 0 saturated carbocycles. The molecule has 144 valence electrons. The average Bonchev–Trinajstić information content (AvgIpc) is 3.37. The van der Waals surface area contributed by atoms with E-state index >= 15 is 0 Å². The average molecular weight is 397 g/mol. The third kappa shape index (κ3) is 3.16. The lowest BCUT2D eigenvalue weighted by Crippen LogP contribution is -2.43. The largest absolute Gasteiger partial charge is 0.337 e. The fourth-order valence-corrected chi connectivity index (χ4v) is 3.61. The number of nitrogens with zero attached hydrogens (tertiary/aromatic N) is 5. The number of rotatable bonds is 3. The number of benzene rings is 1. The van der Waals surface area contributed by atoms with Gasteiger partial charge in [-0.2, -0.15) is 4.98 Å². The Hall–Kier alpha value is -2.77. The highest BCUT2D eigenvalue weighted by molar-refractivity contribution is 5.85. The molecule has 5 rings (SSSR count). The van der Waals surface area contributed by atoms with Crippen molar-refractivity contribution in [1.82, 2.24) is 30.0 Å². The van der Waals surface area contributed by atoms with Gasteiger partial charge in [0.2, 0.25) is 11.7 Å². The Morgan fingerprint density at radius 3 is 2.79 bits per heavy atom. The number of halogens is 1. The predicted molar refractivity (Wildman–Crippen MR) is 109 cm³/mol. The van der Waals surface area contributed by atoms with Crippen LogP contribution in [0.25, 0.3) is 28.2 Å². The highest BCUT2D eigenvalue weighted by Crippen LogP contribution is 2.30. The van der Waals surface area contributed by atoms with Crippen LogP contribution in [-0.2, 0) is 5.54 Å². The van der Waals surface area contributed by atoms with Crippen LogP contribution in [0.2, 0.25) is 0 Å². The quantitative estimate of drug-likeness (QED) is 0.566. The van der Waals surface area contributed by atoms with E-state index in [1.54, 1.807) is 12.5 Å². The van der Waals surface area contributed by atoms with Crippen LogP contribution in [0.1, 0.15) is 32.1 Å². The molecule has 8 heteroatoms. The summed E-state index contributed by atoms with van der Waals surface area (Å²) in [5.74, 6) is 2.01. The van der Waals surface area contributed by atoms with Crippen LogP contribution in [0.3, 0.4) is 0 Å². The molecule has 1 fully saturated rings. The van der Waals surface area contributed by atoms with Crippen LogP contribution >= 0.6 is 12.4 Å². The number of imidazole rings is 1. The molecule has 1 N–H and O–H groups in total. The highest BCUT2D eigenvalue weighted by Gasteiger charge is 2.34. The van der Waals surface area contributed by atoms with Crippen LogP contribution < -0.4 is 5.32 Å². The van der Waals surface area contributed by atoms with Crippen molar-refractivity contribution in [2.75, 3.05) is 6.54 Å². The van der Waals surface area contributed by atoms with E-state index < -0.39 is 0 Å². The topological polar surface area (TPSA) is 81.7 Å². The van der Waals surface area contributed by atoms with Crippen LogP contribution in [-0.4, -0.2) is 31.2 Å². The molecule has 1 atom stereocenters. The molecule has 0 bridgehead atoms. The fraction of sp³-hybridized carbons (Fsp3) is 0.300. The summed E-state index contributed by atoms with van der Waals surface area (Å²) in [6.07, 6.45) is 6.91. The number of hydrogen-bond donors (Lipinski definition) is 1. The lowest BCUT2D eigenvalue weighted by atomic mass is 9.91. The molecule has 1 aliphatic heterocycles. The Morgan fingerprint density at radius 2 is 2.00 bits per heavy atom. The number of hydrogen-bond acceptors (Lipinski definition) is 6. The summed E-state index contributed by atoms with van der Waals surface area (Å²) >= 11 is 0. The van der Waals surface area contributed by atoms with E-state index in [1.165, 1.54) is 6.42 Å². The first-order valence-corrected chi connectivity index (χ1v) is 9.21. The second kappa shape index (κ2) is 7.33. The lowest BCUT2D eigenvalue weighted by molar-refractivity contribution is 0.207. The molecule has 0 spiro atoms. The normalized spacial score (nSPS) is 19.5. The van der Waals surface area contributed by atoms with Gasteiger partial charge in [0.1, 0.15) is 12.1 Å². The van der Waals surface area contributed by atoms with Gasteiger partial charge in [0.25, 0.3) is 0 Å². The lowest BCUT2D eigenvalue weighted by Gasteiger charge is -2.31. The van der Waals surface area contributed by atoms with E-state index in [4.69, 9.17) is 4.52 Å². The molecule has 7 nitrogen and oxygen atoms in total. The Labute approximate surface area is 168 Å². The maximum absolute atomic E-state index is 5.56. The van der Waals surface area contributed by atoms with E-state index in [0.717, 1.165) is 41.8 Å². The summed E-state index contributed by atoms with van der Waals surface area (Å²) in [5.41, 5.74) is 2.56. The summed E-state index contributed by atoms with van der Waals surface area (Å²) in [6, 6.07) is 11.9. The molecule has 1 unspecified atom stereocenters. The minimum Gasteiger partial charge on any atom is -0.337 e. The molecule has 0 amide bonds. The Balaban J connectivity index is 0.00000192. The third-order valence-electron chi connectivity index (χ3n) is 5.22. The van der Waals surface area contributed by atoms with Crippen molar-refractivity contribution < 1.29 is 4.52 Å². The molecule has 28 heavy (non-hydrogen) atoms. The Bertz CT molecular complexity index is 1080. The maximum atomic E-state index is 5.56. The van der Waals surface area contributed by atoms with Crippen LogP contribution in [0.15, 0.2) is 53.4 Å². The Morgan fingerprint density at radius 1 is 1.11 bits per heavy atom. The van der Waals surface area contributed by atoms with Crippen molar-refractivity contribution >= 4 is 23.4 Å². The van der Waals surface area contributed by atoms with E-state index in [1.807, 2.05) is 41.0 Å². The first-order chi connectivity index (χ1) is 13.2. The maximum Gasteiger partial charge on any atom is 0.246 e. The second-order valence-electron chi connectivity index (χ2n) is 7.15.